The Kier molecular flexibility index (Phi) is 0.614. The molecule has 0 spiro atoms. The molecule has 0 aromatic heterocycles. The molecular weight excluding hydrogens is 144 g/mol. The summed E-state index contributed by atoms with van der Waals surface area (Å²) in [4.78, 5) is 0. The van der Waals surface area contributed by atoms with E-state index in [1.807, 2.05) is 0 Å². The molecule has 0 atom stereocenters. The number of benzene rings is 1. The average molecular weight is 172 g/mol. The molecular formula is C12H16. The Morgan fingerprint density at radius 1 is 0.917 bits per heavy atom. The fraction of sp³-hybridized carbons (Fsp3) is 0.333. The van der Waals surface area contributed by atoms with Crippen molar-refractivity contribution in [3.63, 3.8) is 0 Å². The van der Waals surface area contributed by atoms with Gasteiger partial charge < -0.3 is 0 Å². The molecule has 0 radical (unpaired) electrons. The van der Waals surface area contributed by atoms with Gasteiger partial charge in [0.15, 0.2) is 0 Å². The van der Waals surface area contributed by atoms with Gasteiger partial charge in [-0.05, 0) is 37.8 Å². The van der Waals surface area contributed by atoms with Crippen LogP contribution >= 0.6 is 0 Å². The summed E-state index contributed by atoms with van der Waals surface area (Å²) in [6, 6.07) is 4.88. The van der Waals surface area contributed by atoms with E-state index in [2.05, 4.69) is 0 Å². The third-order valence-electron chi connectivity index (χ3n) is 1.47. The van der Waals surface area contributed by atoms with E-state index in [0.29, 0.717) is 0 Å². The summed E-state index contributed by atoms with van der Waals surface area (Å²) >= 11 is 0. The molecule has 0 heterocycles. The maximum Gasteiger partial charge on any atom is 0.0276 e. The van der Waals surface area contributed by atoms with Gasteiger partial charge >= 0.3 is 0 Å². The molecule has 0 aliphatic rings. The molecule has 0 nitrogen and oxygen atoms in total. The van der Waals surface area contributed by atoms with Gasteiger partial charge in [0.05, 0.1) is 0 Å². The molecule has 1 aromatic rings. The topological polar surface area (TPSA) is 0 Å². The molecule has 0 bridgehead atoms. The van der Waals surface area contributed by atoms with Gasteiger partial charge in [0.25, 0.3) is 0 Å². The summed E-state index contributed by atoms with van der Waals surface area (Å²) in [7, 11) is 0. The highest BCUT2D eigenvalue weighted by molar-refractivity contribution is 5.46. The zero-order chi connectivity index (χ0) is 19.1. The molecule has 0 saturated heterocycles. The Bertz CT molecular complexity index is 616. The number of hydrogen-bond acceptors (Lipinski definition) is 0. The monoisotopic (exact) mass is 172 g/mol. The van der Waals surface area contributed by atoms with Crippen LogP contribution in [-0.4, -0.2) is 0 Å². The van der Waals surface area contributed by atoms with Crippen LogP contribution in [0.2, 0.25) is 0 Å². The van der Waals surface area contributed by atoms with E-state index in [-0.39, 0.29) is 0 Å². The van der Waals surface area contributed by atoms with Crippen LogP contribution in [0.25, 0.3) is 11.1 Å². The Morgan fingerprint density at radius 3 is 1.67 bits per heavy atom. The smallest absolute Gasteiger partial charge is 0.0276 e. The van der Waals surface area contributed by atoms with Crippen molar-refractivity contribution in [2.45, 2.75) is 27.4 Å². The minimum Gasteiger partial charge on any atom is -0.0686 e. The van der Waals surface area contributed by atoms with Gasteiger partial charge in [-0.1, -0.05) is 35.4 Å². The minimum absolute atomic E-state index is 0.417. The minimum atomic E-state index is -3.05. The van der Waals surface area contributed by atoms with Crippen LogP contribution in [-0.2, 0) is 0 Å². The van der Waals surface area contributed by atoms with E-state index >= 15 is 0 Å². The van der Waals surface area contributed by atoms with Crippen LogP contribution in [0.1, 0.15) is 43.9 Å². The van der Waals surface area contributed by atoms with Gasteiger partial charge in [0.2, 0.25) is 0 Å². The van der Waals surface area contributed by atoms with Crippen molar-refractivity contribution in [2.75, 3.05) is 0 Å². The quantitative estimate of drug-likeness (QED) is 0.562. The first-order valence-electron chi connectivity index (χ1n) is 9.33. The Balaban J connectivity index is 4.33. The number of rotatable bonds is 0. The molecule has 64 valence electrons. The van der Waals surface area contributed by atoms with Crippen molar-refractivity contribution < 1.29 is 16.4 Å². The van der Waals surface area contributed by atoms with Gasteiger partial charge in [0, 0.05) is 16.4 Å². The van der Waals surface area contributed by atoms with Crippen LogP contribution in [0.4, 0.5) is 0 Å². The van der Waals surface area contributed by atoms with Gasteiger partial charge in [-0.15, -0.1) is 0 Å². The Morgan fingerprint density at radius 2 is 1.33 bits per heavy atom. The standard InChI is InChI=1S/C12H16/c1-9(2)11-7-5-6-8-12(11)10(3)4/h5-8H,1-4H3/i1D3,2D3,3D3,4D3. The van der Waals surface area contributed by atoms with Gasteiger partial charge in [-0.25, -0.2) is 0 Å². The molecule has 1 rings (SSSR count). The van der Waals surface area contributed by atoms with E-state index < -0.39 is 49.0 Å². The molecule has 0 N–H and O–H groups in total. The summed E-state index contributed by atoms with van der Waals surface area (Å²) in [5.41, 5.74) is -1.92. The second kappa shape index (κ2) is 3.57. The third kappa shape index (κ3) is 1.76. The first kappa shape index (κ1) is 2.06. The fourth-order valence-electron chi connectivity index (χ4n) is 0.919. The van der Waals surface area contributed by atoms with Crippen molar-refractivity contribution in [3.8, 4) is 0 Å². The predicted molar refractivity (Wildman–Crippen MR) is 55.2 cm³/mol. The summed E-state index contributed by atoms with van der Waals surface area (Å²) in [6.07, 6.45) is 0. The summed E-state index contributed by atoms with van der Waals surface area (Å²) in [5.74, 6) is 0. The SMILES string of the molecule is [2H]C([2H])([2H])C(=c1ccccc1=C(C([2H])([2H])[2H])C([2H])([2H])[2H])C([2H])([2H])[2H]. The molecule has 0 aliphatic heterocycles. The Hall–Kier alpha value is -1.04. The molecule has 0 aliphatic carbocycles. The van der Waals surface area contributed by atoms with Crippen LogP contribution in [0.5, 0.6) is 0 Å². The van der Waals surface area contributed by atoms with Crippen LogP contribution < -0.4 is 10.4 Å². The molecule has 0 amide bonds. The van der Waals surface area contributed by atoms with E-state index in [9.17, 15) is 0 Å². The average Bonchev–Trinajstić information content (AvgIpc) is 2.23. The second-order valence-corrected chi connectivity index (χ2v) is 2.30. The molecule has 12 heavy (non-hydrogen) atoms. The lowest BCUT2D eigenvalue weighted by atomic mass is 10.1. The highest BCUT2D eigenvalue weighted by Gasteiger charge is 1.87. The zero-order valence-corrected chi connectivity index (χ0v) is 6.31. The van der Waals surface area contributed by atoms with Crippen molar-refractivity contribution in [1.82, 2.24) is 0 Å². The van der Waals surface area contributed by atoms with Gasteiger partial charge in [-0.2, -0.15) is 0 Å². The maximum absolute atomic E-state index is 7.48. The lowest BCUT2D eigenvalue weighted by molar-refractivity contribution is 1.39. The largest absolute Gasteiger partial charge is 0.0686 e. The summed E-state index contributed by atoms with van der Waals surface area (Å²) in [5, 5.41) is -0.834. The summed E-state index contributed by atoms with van der Waals surface area (Å²) < 4.78 is 89.7. The van der Waals surface area contributed by atoms with Gasteiger partial charge in [-0.3, -0.25) is 0 Å². The molecule has 1 aromatic carbocycles. The lowest BCUT2D eigenvalue weighted by Crippen LogP contribution is -2.26. The van der Waals surface area contributed by atoms with E-state index in [1.165, 1.54) is 12.1 Å². The molecule has 0 unspecified atom stereocenters. The molecule has 0 fully saturated rings. The Labute approximate surface area is 91.1 Å². The van der Waals surface area contributed by atoms with Crippen LogP contribution in [0.3, 0.4) is 0 Å². The first-order valence-corrected chi connectivity index (χ1v) is 3.33. The van der Waals surface area contributed by atoms with E-state index in [1.54, 1.807) is 0 Å². The third-order valence-corrected chi connectivity index (χ3v) is 1.47. The molecule has 0 saturated carbocycles. The van der Waals surface area contributed by atoms with Crippen molar-refractivity contribution >= 4 is 11.1 Å². The molecule has 0 heteroatoms. The van der Waals surface area contributed by atoms with E-state index in [4.69, 9.17) is 16.4 Å². The summed E-state index contributed by atoms with van der Waals surface area (Å²) in [6.45, 7) is -12.2. The van der Waals surface area contributed by atoms with Gasteiger partial charge in [0.1, 0.15) is 0 Å². The van der Waals surface area contributed by atoms with Crippen molar-refractivity contribution in [1.29, 1.82) is 0 Å². The highest BCUT2D eigenvalue weighted by Crippen LogP contribution is 1.87. The van der Waals surface area contributed by atoms with Crippen molar-refractivity contribution in [2.24, 2.45) is 0 Å². The first-order chi connectivity index (χ1) is 10.5. The normalized spacial score (nSPS) is 28.7. The lowest BCUT2D eigenvalue weighted by Gasteiger charge is -1.95. The fourth-order valence-corrected chi connectivity index (χ4v) is 0.919. The zero-order valence-electron chi connectivity index (χ0n) is 18.3. The van der Waals surface area contributed by atoms with E-state index in [0.717, 1.165) is 12.1 Å². The van der Waals surface area contributed by atoms with Crippen LogP contribution in [0, 0.1) is 0 Å². The van der Waals surface area contributed by atoms with Crippen LogP contribution in [0.15, 0.2) is 24.3 Å². The van der Waals surface area contributed by atoms with Crippen molar-refractivity contribution in [3.05, 3.63) is 34.7 Å². The predicted octanol–water partition coefficient (Wildman–Crippen LogP) is 2.07. The second-order valence-electron chi connectivity index (χ2n) is 2.30. The highest BCUT2D eigenvalue weighted by atomic mass is 13.9. The maximum atomic E-state index is 7.48. The number of hydrogen-bond donors (Lipinski definition) is 0.